The molecule has 3 nitrogen and oxygen atoms in total. The zero-order valence-electron chi connectivity index (χ0n) is 21.2. The molecule has 3 aromatic heterocycles. The third-order valence-electron chi connectivity index (χ3n) is 8.72. The van der Waals surface area contributed by atoms with Gasteiger partial charge in [-0.3, -0.25) is 4.40 Å². The van der Waals surface area contributed by atoms with Crippen molar-refractivity contribution in [3.63, 3.8) is 0 Å². The van der Waals surface area contributed by atoms with Crippen LogP contribution < -0.4 is 0 Å². The van der Waals surface area contributed by atoms with Gasteiger partial charge in [0.1, 0.15) is 5.52 Å². The maximum atomic E-state index is 5.07. The molecule has 0 N–H and O–H groups in total. The smallest absolute Gasteiger partial charge is 0.165 e. The monoisotopic (exact) mass is 485 g/mol. The van der Waals surface area contributed by atoms with Crippen LogP contribution in [0.1, 0.15) is 25.0 Å². The van der Waals surface area contributed by atoms with Gasteiger partial charge in [-0.2, -0.15) is 0 Å². The van der Waals surface area contributed by atoms with E-state index in [0.29, 0.717) is 0 Å². The van der Waals surface area contributed by atoms with Crippen molar-refractivity contribution in [1.29, 1.82) is 0 Å². The van der Waals surface area contributed by atoms with Crippen molar-refractivity contribution in [2.45, 2.75) is 19.3 Å². The summed E-state index contributed by atoms with van der Waals surface area (Å²) in [6, 6.07) is 37.4. The number of hydrogen-bond donors (Lipinski definition) is 0. The molecule has 8 aromatic rings. The minimum absolute atomic E-state index is 0.0110. The van der Waals surface area contributed by atoms with Crippen molar-refractivity contribution < 1.29 is 0 Å². The number of rotatable bonds is 1. The van der Waals surface area contributed by atoms with E-state index in [1.165, 1.54) is 55.2 Å². The van der Waals surface area contributed by atoms with Gasteiger partial charge < -0.3 is 0 Å². The summed E-state index contributed by atoms with van der Waals surface area (Å²) in [6.07, 6.45) is 0. The van der Waals surface area contributed by atoms with E-state index < -0.39 is 0 Å². The molecule has 3 heterocycles. The lowest BCUT2D eigenvalue weighted by Gasteiger charge is -2.22. The number of para-hydroxylation sites is 3. The predicted octanol–water partition coefficient (Wildman–Crippen LogP) is 8.75. The topological polar surface area (TPSA) is 30.2 Å². The van der Waals surface area contributed by atoms with E-state index in [4.69, 9.17) is 9.97 Å². The summed E-state index contributed by atoms with van der Waals surface area (Å²) in [4.78, 5) is 10.1. The zero-order chi connectivity index (χ0) is 25.2. The first-order valence-corrected chi connectivity index (χ1v) is 13.2. The molecule has 0 bridgehead atoms. The Hall–Kier alpha value is -4.76. The summed E-state index contributed by atoms with van der Waals surface area (Å²) in [5.41, 5.74) is 14.1. The molecule has 0 fully saturated rings. The molecule has 0 atom stereocenters. The van der Waals surface area contributed by atoms with E-state index in [2.05, 4.69) is 97.1 Å². The summed E-state index contributed by atoms with van der Waals surface area (Å²) in [7, 11) is 0. The van der Waals surface area contributed by atoms with Crippen LogP contribution in [0.4, 0.5) is 0 Å². The first-order chi connectivity index (χ1) is 18.6. The Kier molecular flexibility index (Phi) is 3.61. The normalized spacial score (nSPS) is 14.3. The molecular weight excluding hydrogens is 462 g/mol. The van der Waals surface area contributed by atoms with E-state index >= 15 is 0 Å². The van der Waals surface area contributed by atoms with Crippen LogP contribution in [0.2, 0.25) is 0 Å². The summed E-state index contributed by atoms with van der Waals surface area (Å²) in [6.45, 7) is 4.68. The van der Waals surface area contributed by atoms with Crippen LogP contribution in [0.25, 0.3) is 71.6 Å². The van der Waals surface area contributed by atoms with Gasteiger partial charge in [0.2, 0.25) is 0 Å². The fraction of sp³-hybridized carbons (Fsp3) is 0.0857. The van der Waals surface area contributed by atoms with Crippen molar-refractivity contribution in [2.75, 3.05) is 0 Å². The molecular formula is C35H23N3. The molecule has 1 aliphatic carbocycles. The van der Waals surface area contributed by atoms with Crippen molar-refractivity contribution in [3.8, 4) is 22.3 Å². The lowest BCUT2D eigenvalue weighted by atomic mass is 9.81. The van der Waals surface area contributed by atoms with Gasteiger partial charge >= 0.3 is 0 Å². The van der Waals surface area contributed by atoms with Gasteiger partial charge in [0.25, 0.3) is 0 Å². The summed E-state index contributed by atoms with van der Waals surface area (Å²) >= 11 is 0. The minimum atomic E-state index is -0.0110. The van der Waals surface area contributed by atoms with Gasteiger partial charge in [0, 0.05) is 21.6 Å². The second-order valence-corrected chi connectivity index (χ2v) is 11.1. The number of benzene rings is 5. The van der Waals surface area contributed by atoms with E-state index in [1.807, 2.05) is 24.3 Å². The van der Waals surface area contributed by atoms with Gasteiger partial charge in [-0.05, 0) is 63.7 Å². The molecule has 38 heavy (non-hydrogen) atoms. The summed E-state index contributed by atoms with van der Waals surface area (Å²) in [5.74, 6) is 0. The van der Waals surface area contributed by atoms with E-state index in [1.54, 1.807) is 0 Å². The molecule has 0 spiro atoms. The standard InChI is InChI=1S/C35H23N3/c1-35(2)27-11-4-3-8-22(27)23-16-14-21(19-28(23)35)20-15-17-31-26(18-20)24-9-7-10-25-32-34(38(31)33(24)25)37-30-13-6-5-12-29(30)36-32/h3-19H,1-2H3. The Balaban J connectivity index is 1.30. The SMILES string of the molecule is CC1(C)c2ccccc2-c2ccc(-c3ccc4c(c3)c3cccc5c6nc7ccccc7nc6n4c35)cc21. The molecule has 5 aromatic carbocycles. The Bertz CT molecular complexity index is 2270. The van der Waals surface area contributed by atoms with Gasteiger partial charge in [0.15, 0.2) is 5.65 Å². The summed E-state index contributed by atoms with van der Waals surface area (Å²) in [5, 5.41) is 3.66. The van der Waals surface area contributed by atoms with Gasteiger partial charge in [-0.1, -0.05) is 86.6 Å². The average Bonchev–Trinajstić information content (AvgIpc) is 3.54. The van der Waals surface area contributed by atoms with E-state index in [9.17, 15) is 0 Å². The molecule has 0 amide bonds. The minimum Gasteiger partial charge on any atom is -0.291 e. The Morgan fingerprint density at radius 2 is 1.29 bits per heavy atom. The maximum absolute atomic E-state index is 5.07. The second-order valence-electron chi connectivity index (χ2n) is 11.1. The van der Waals surface area contributed by atoms with Crippen LogP contribution in [0, 0.1) is 0 Å². The second kappa shape index (κ2) is 6.76. The highest BCUT2D eigenvalue weighted by atomic mass is 15.0. The maximum Gasteiger partial charge on any atom is 0.165 e. The van der Waals surface area contributed by atoms with E-state index in [0.717, 1.165) is 27.6 Å². The molecule has 178 valence electrons. The van der Waals surface area contributed by atoms with Crippen LogP contribution >= 0.6 is 0 Å². The summed E-state index contributed by atoms with van der Waals surface area (Å²) < 4.78 is 2.31. The van der Waals surface area contributed by atoms with Crippen LogP contribution in [0.5, 0.6) is 0 Å². The Labute approximate surface area is 219 Å². The predicted molar refractivity (Wildman–Crippen MR) is 157 cm³/mol. The number of fused-ring (bicyclic) bond motifs is 10. The first-order valence-electron chi connectivity index (χ1n) is 13.2. The highest BCUT2D eigenvalue weighted by Gasteiger charge is 2.35. The first kappa shape index (κ1) is 20.3. The van der Waals surface area contributed by atoms with Gasteiger partial charge in [-0.25, -0.2) is 9.97 Å². The van der Waals surface area contributed by atoms with E-state index in [-0.39, 0.29) is 5.41 Å². The third kappa shape index (κ3) is 2.39. The lowest BCUT2D eigenvalue weighted by molar-refractivity contribution is 0.660. The molecule has 3 heteroatoms. The van der Waals surface area contributed by atoms with Crippen LogP contribution in [-0.4, -0.2) is 14.4 Å². The van der Waals surface area contributed by atoms with Crippen molar-refractivity contribution in [2.24, 2.45) is 0 Å². The number of nitrogens with zero attached hydrogens (tertiary/aromatic N) is 3. The molecule has 1 aliphatic rings. The van der Waals surface area contributed by atoms with Crippen molar-refractivity contribution in [3.05, 3.63) is 114 Å². The lowest BCUT2D eigenvalue weighted by Crippen LogP contribution is -2.14. The Morgan fingerprint density at radius 3 is 2.18 bits per heavy atom. The third-order valence-corrected chi connectivity index (χ3v) is 8.72. The van der Waals surface area contributed by atoms with Gasteiger partial charge in [0.05, 0.1) is 22.1 Å². The van der Waals surface area contributed by atoms with Crippen LogP contribution in [0.15, 0.2) is 103 Å². The molecule has 9 rings (SSSR count). The fourth-order valence-corrected chi connectivity index (χ4v) is 6.87. The largest absolute Gasteiger partial charge is 0.291 e. The molecule has 0 saturated carbocycles. The highest BCUT2D eigenvalue weighted by molar-refractivity contribution is 6.22. The number of aromatic nitrogens is 3. The van der Waals surface area contributed by atoms with Crippen molar-refractivity contribution >= 4 is 49.4 Å². The quantitative estimate of drug-likeness (QED) is 0.233. The average molecular weight is 486 g/mol. The molecule has 0 aliphatic heterocycles. The molecule has 0 unspecified atom stereocenters. The van der Waals surface area contributed by atoms with Gasteiger partial charge in [-0.15, -0.1) is 0 Å². The zero-order valence-corrected chi connectivity index (χ0v) is 21.2. The fourth-order valence-electron chi connectivity index (χ4n) is 6.87. The number of hydrogen-bond acceptors (Lipinski definition) is 2. The Morgan fingerprint density at radius 1 is 0.579 bits per heavy atom. The van der Waals surface area contributed by atoms with Crippen LogP contribution in [-0.2, 0) is 5.41 Å². The highest BCUT2D eigenvalue weighted by Crippen LogP contribution is 2.49. The van der Waals surface area contributed by atoms with Crippen molar-refractivity contribution in [1.82, 2.24) is 14.4 Å². The van der Waals surface area contributed by atoms with Crippen LogP contribution in [0.3, 0.4) is 0 Å². The molecule has 0 radical (unpaired) electrons. The molecule has 0 saturated heterocycles.